The standard InChI is InChI=1S/C26H29N4O7PS2/c1-4-36-38(32,37-5-2)26(21-8-6-7-9-24(21)35-3)28-25(31)22-16-23(18-14-15-39-17-18)30(29-22)19-10-12-20(13-11-19)40(27,33)34/h6-17,26H,4-5H2,1-3H3,(H,28,31)(H2,27,33,34). The predicted molar refractivity (Wildman–Crippen MR) is 152 cm³/mol. The lowest BCUT2D eigenvalue weighted by Crippen LogP contribution is -2.30. The summed E-state index contributed by atoms with van der Waals surface area (Å²) in [4.78, 5) is 13.6. The van der Waals surface area contributed by atoms with Crippen LogP contribution in [-0.4, -0.2) is 44.4 Å². The number of ether oxygens (including phenoxy) is 1. The van der Waals surface area contributed by atoms with Crippen LogP contribution in [0.5, 0.6) is 5.75 Å². The van der Waals surface area contributed by atoms with Crippen LogP contribution in [0, 0.1) is 0 Å². The molecule has 0 aliphatic carbocycles. The molecular weight excluding hydrogens is 575 g/mol. The van der Waals surface area contributed by atoms with Crippen LogP contribution in [0.3, 0.4) is 0 Å². The van der Waals surface area contributed by atoms with Crippen molar-refractivity contribution >= 4 is 34.9 Å². The molecule has 4 rings (SSSR count). The number of rotatable bonds is 12. The zero-order chi connectivity index (χ0) is 28.9. The maximum Gasteiger partial charge on any atom is 0.357 e. The van der Waals surface area contributed by atoms with Crippen LogP contribution in [0.2, 0.25) is 0 Å². The first-order chi connectivity index (χ1) is 19.1. The number of aromatic nitrogens is 2. The lowest BCUT2D eigenvalue weighted by Gasteiger charge is -2.28. The van der Waals surface area contributed by atoms with Gasteiger partial charge in [-0.05, 0) is 61.7 Å². The molecule has 2 aromatic heterocycles. The minimum Gasteiger partial charge on any atom is -0.496 e. The number of sulfonamides is 1. The highest BCUT2D eigenvalue weighted by Gasteiger charge is 2.40. The minimum absolute atomic E-state index is 0.0242. The molecule has 3 N–H and O–H groups in total. The summed E-state index contributed by atoms with van der Waals surface area (Å²) in [6.45, 7) is 3.54. The van der Waals surface area contributed by atoms with Gasteiger partial charge < -0.3 is 19.1 Å². The molecule has 4 aromatic rings. The predicted octanol–water partition coefficient (Wildman–Crippen LogP) is 4.95. The van der Waals surface area contributed by atoms with E-state index in [0.717, 1.165) is 5.56 Å². The molecule has 40 heavy (non-hydrogen) atoms. The number of hydrogen-bond acceptors (Lipinski definition) is 9. The Morgan fingerprint density at radius 2 is 1.77 bits per heavy atom. The van der Waals surface area contributed by atoms with E-state index in [-0.39, 0.29) is 23.8 Å². The molecule has 0 saturated heterocycles. The number of amides is 1. The average molecular weight is 605 g/mol. The van der Waals surface area contributed by atoms with Gasteiger partial charge in [0.25, 0.3) is 5.91 Å². The van der Waals surface area contributed by atoms with Gasteiger partial charge >= 0.3 is 7.60 Å². The fourth-order valence-electron chi connectivity index (χ4n) is 4.05. The second-order valence-electron chi connectivity index (χ2n) is 8.37. The van der Waals surface area contributed by atoms with Gasteiger partial charge in [-0.25, -0.2) is 18.2 Å². The third-order valence-electron chi connectivity index (χ3n) is 5.80. The topological polar surface area (TPSA) is 152 Å². The van der Waals surface area contributed by atoms with Crippen LogP contribution in [0.1, 0.15) is 35.7 Å². The SMILES string of the molecule is CCOP(=O)(OCC)C(NC(=O)c1cc(-c2ccsc2)n(-c2ccc(S(N)(=O)=O)cc2)n1)c1ccccc1OC. The number of carbonyl (C=O) groups is 1. The van der Waals surface area contributed by atoms with E-state index in [4.69, 9.17) is 18.9 Å². The maximum atomic E-state index is 13.9. The van der Waals surface area contributed by atoms with E-state index in [1.165, 1.54) is 35.3 Å². The molecule has 0 bridgehead atoms. The molecule has 1 amide bonds. The second kappa shape index (κ2) is 12.5. The van der Waals surface area contributed by atoms with E-state index in [1.54, 1.807) is 56.3 Å². The molecule has 212 valence electrons. The monoisotopic (exact) mass is 604 g/mol. The Kier molecular flexibility index (Phi) is 9.24. The molecule has 0 saturated carbocycles. The molecule has 1 atom stereocenters. The van der Waals surface area contributed by atoms with E-state index in [9.17, 15) is 17.8 Å². The molecule has 14 heteroatoms. The van der Waals surface area contributed by atoms with Gasteiger partial charge in [-0.3, -0.25) is 9.36 Å². The molecule has 1 unspecified atom stereocenters. The fourth-order valence-corrected chi connectivity index (χ4v) is 7.13. The molecule has 2 aromatic carbocycles. The number of nitrogens with two attached hydrogens (primary N) is 1. The van der Waals surface area contributed by atoms with Gasteiger partial charge in [-0.1, -0.05) is 18.2 Å². The number of primary sulfonamides is 1. The van der Waals surface area contributed by atoms with E-state index in [1.807, 2.05) is 16.8 Å². The number of nitrogens with zero attached hydrogens (tertiary/aromatic N) is 2. The highest BCUT2D eigenvalue weighted by molar-refractivity contribution is 7.89. The summed E-state index contributed by atoms with van der Waals surface area (Å²) >= 11 is 1.47. The summed E-state index contributed by atoms with van der Waals surface area (Å²) in [7, 11) is -6.33. The highest BCUT2D eigenvalue weighted by atomic mass is 32.2. The zero-order valence-electron chi connectivity index (χ0n) is 22.0. The number of nitrogens with one attached hydrogen (secondary N) is 1. The van der Waals surface area contributed by atoms with Crippen molar-refractivity contribution in [1.82, 2.24) is 15.1 Å². The summed E-state index contributed by atoms with van der Waals surface area (Å²) in [5.74, 6) is -1.43. The number of thiophene rings is 1. The van der Waals surface area contributed by atoms with Gasteiger partial charge in [0.15, 0.2) is 11.5 Å². The molecule has 11 nitrogen and oxygen atoms in total. The molecule has 0 aliphatic rings. The van der Waals surface area contributed by atoms with E-state index in [2.05, 4.69) is 10.4 Å². The smallest absolute Gasteiger partial charge is 0.357 e. The lowest BCUT2D eigenvalue weighted by atomic mass is 10.2. The van der Waals surface area contributed by atoms with Gasteiger partial charge in [0.05, 0.1) is 36.6 Å². The maximum absolute atomic E-state index is 13.9. The van der Waals surface area contributed by atoms with Crippen molar-refractivity contribution in [3.05, 3.63) is 82.7 Å². The third-order valence-corrected chi connectivity index (χ3v) is 9.69. The lowest BCUT2D eigenvalue weighted by molar-refractivity contribution is 0.0931. The van der Waals surface area contributed by atoms with E-state index in [0.29, 0.717) is 22.7 Å². The molecule has 0 radical (unpaired) electrons. The first-order valence-corrected chi connectivity index (χ1v) is 16.3. The Hall–Kier alpha value is -3.32. The van der Waals surface area contributed by atoms with Crippen molar-refractivity contribution in [1.29, 1.82) is 0 Å². The van der Waals surface area contributed by atoms with Crippen molar-refractivity contribution in [3.8, 4) is 22.7 Å². The number of benzene rings is 2. The first-order valence-electron chi connectivity index (χ1n) is 12.2. The van der Waals surface area contributed by atoms with Crippen LogP contribution in [0.4, 0.5) is 0 Å². The Morgan fingerprint density at radius 3 is 2.35 bits per heavy atom. The molecule has 2 heterocycles. The summed E-state index contributed by atoms with van der Waals surface area (Å²) < 4.78 is 55.6. The Bertz CT molecular complexity index is 1610. The van der Waals surface area contributed by atoms with Crippen LogP contribution < -0.4 is 15.2 Å². The molecule has 0 spiro atoms. The summed E-state index contributed by atoms with van der Waals surface area (Å²) in [5, 5.41) is 16.3. The normalized spacial score (nSPS) is 12.7. The third kappa shape index (κ3) is 6.35. The van der Waals surface area contributed by atoms with Crippen LogP contribution in [0.25, 0.3) is 16.9 Å². The van der Waals surface area contributed by atoms with Crippen LogP contribution in [0.15, 0.2) is 76.3 Å². The van der Waals surface area contributed by atoms with Crippen LogP contribution >= 0.6 is 18.9 Å². The van der Waals surface area contributed by atoms with Crippen LogP contribution in [-0.2, 0) is 23.6 Å². The van der Waals surface area contributed by atoms with Gasteiger partial charge in [-0.2, -0.15) is 16.4 Å². The number of methoxy groups -OCH3 is 1. The molecule has 0 aliphatic heterocycles. The fraction of sp³-hybridized carbons (Fsp3) is 0.231. The van der Waals surface area contributed by atoms with Gasteiger partial charge in [0.2, 0.25) is 10.0 Å². The number of carbonyl (C=O) groups excluding carboxylic acids is 1. The Labute approximate surface area is 236 Å². The second-order valence-corrected chi connectivity index (χ2v) is 12.8. The Balaban J connectivity index is 1.78. The van der Waals surface area contributed by atoms with Crippen molar-refractivity contribution < 1.29 is 31.6 Å². The first kappa shape index (κ1) is 29.7. The highest BCUT2D eigenvalue weighted by Crippen LogP contribution is 2.60. The Morgan fingerprint density at radius 1 is 1.10 bits per heavy atom. The summed E-state index contributed by atoms with van der Waals surface area (Å²) in [5.41, 5.74) is 2.32. The van der Waals surface area contributed by atoms with Crippen molar-refractivity contribution in [3.63, 3.8) is 0 Å². The van der Waals surface area contributed by atoms with E-state index < -0.39 is 29.3 Å². The zero-order valence-corrected chi connectivity index (χ0v) is 24.5. The van der Waals surface area contributed by atoms with Gasteiger partial charge in [0.1, 0.15) is 5.75 Å². The molecule has 0 fully saturated rings. The van der Waals surface area contributed by atoms with Crippen molar-refractivity contribution in [2.75, 3.05) is 20.3 Å². The molecular formula is C26H29N4O7PS2. The summed E-state index contributed by atoms with van der Waals surface area (Å²) in [6, 6.07) is 16.1. The van der Waals surface area contributed by atoms with Gasteiger partial charge in [-0.15, -0.1) is 0 Å². The van der Waals surface area contributed by atoms with Crippen molar-refractivity contribution in [2.45, 2.75) is 24.5 Å². The van der Waals surface area contributed by atoms with Crippen molar-refractivity contribution in [2.24, 2.45) is 5.14 Å². The summed E-state index contributed by atoms with van der Waals surface area (Å²) in [6.07, 6.45) is 0. The van der Waals surface area contributed by atoms with E-state index >= 15 is 0 Å². The largest absolute Gasteiger partial charge is 0.496 e. The number of para-hydroxylation sites is 1. The number of hydrogen-bond donors (Lipinski definition) is 2. The van der Waals surface area contributed by atoms with Gasteiger partial charge in [0, 0.05) is 16.5 Å². The quantitative estimate of drug-likeness (QED) is 0.216. The average Bonchev–Trinajstić information content (AvgIpc) is 3.62. The minimum atomic E-state index is -3.91.